The normalized spacial score (nSPS) is 12.4. The first-order chi connectivity index (χ1) is 13.9. The number of rotatable bonds is 5. The number of carbonyl (C=O) groups excluding carboxylic acids is 3. The third kappa shape index (κ3) is 3.77. The lowest BCUT2D eigenvalue weighted by Crippen LogP contribution is -3.00. The van der Waals surface area contributed by atoms with Gasteiger partial charge in [-0.15, -0.1) is 0 Å². The van der Waals surface area contributed by atoms with Crippen LogP contribution in [0.2, 0.25) is 0 Å². The summed E-state index contributed by atoms with van der Waals surface area (Å²) in [5.41, 5.74) is 1.61. The second-order valence-electron chi connectivity index (χ2n) is 7.62. The number of fused-ring (bicyclic) bond motifs is 2. The number of Topliss-reactive ketones (excluding diaryl/α,β-unsaturated/α-hetero) is 1. The van der Waals surface area contributed by atoms with Crippen LogP contribution in [0.25, 0.3) is 0 Å². The summed E-state index contributed by atoms with van der Waals surface area (Å²) in [5, 5.41) is 0. The van der Waals surface area contributed by atoms with E-state index in [1.165, 1.54) is 24.3 Å². The van der Waals surface area contributed by atoms with E-state index in [9.17, 15) is 18.8 Å². The molecule has 7 heteroatoms. The predicted molar refractivity (Wildman–Crippen MR) is 104 cm³/mol. The van der Waals surface area contributed by atoms with Crippen LogP contribution in [0.15, 0.2) is 54.9 Å². The van der Waals surface area contributed by atoms with Crippen LogP contribution in [0.5, 0.6) is 0 Å². The number of nitrogens with zero attached hydrogens (tertiary/aromatic N) is 2. The Labute approximate surface area is 183 Å². The highest BCUT2D eigenvalue weighted by Crippen LogP contribution is 2.26. The zero-order chi connectivity index (χ0) is 20.7. The number of imidazole rings is 1. The first-order valence-corrected chi connectivity index (χ1v) is 9.46. The van der Waals surface area contributed by atoms with Gasteiger partial charge in [0.1, 0.15) is 5.82 Å². The molecule has 2 aromatic carbocycles. The summed E-state index contributed by atoms with van der Waals surface area (Å²) >= 11 is 0. The second-order valence-corrected chi connectivity index (χ2v) is 7.62. The summed E-state index contributed by atoms with van der Waals surface area (Å²) in [6.45, 7) is 4.47. The van der Waals surface area contributed by atoms with Gasteiger partial charge in [-0.25, -0.2) is 13.5 Å². The van der Waals surface area contributed by atoms with Gasteiger partial charge >= 0.3 is 0 Å². The highest BCUT2D eigenvalue weighted by Gasteiger charge is 2.41. The minimum absolute atomic E-state index is 0. The summed E-state index contributed by atoms with van der Waals surface area (Å²) in [4.78, 5) is 39.1. The quantitative estimate of drug-likeness (QED) is 0.310. The van der Waals surface area contributed by atoms with Gasteiger partial charge in [-0.05, 0) is 30.2 Å². The average Bonchev–Trinajstić information content (AvgIpc) is 3.04. The van der Waals surface area contributed by atoms with Crippen molar-refractivity contribution in [2.45, 2.75) is 26.9 Å². The molecule has 0 radical (unpaired) electrons. The van der Waals surface area contributed by atoms with Gasteiger partial charge in [0.2, 0.25) is 35.1 Å². The molecule has 0 aliphatic heterocycles. The lowest BCUT2D eigenvalue weighted by molar-refractivity contribution is -0.684. The van der Waals surface area contributed by atoms with E-state index in [-0.39, 0.29) is 52.5 Å². The van der Waals surface area contributed by atoms with Crippen LogP contribution in [0.4, 0.5) is 4.39 Å². The fourth-order valence-corrected chi connectivity index (χ4v) is 3.70. The van der Waals surface area contributed by atoms with E-state index in [1.807, 2.05) is 13.8 Å². The number of carbonyl (C=O) groups is 3. The molecule has 1 aliphatic carbocycles. The smallest absolute Gasteiger partial charge is 0.245 e. The van der Waals surface area contributed by atoms with Gasteiger partial charge in [0.25, 0.3) is 0 Å². The molecule has 0 saturated carbocycles. The maximum Gasteiger partial charge on any atom is 0.245 e. The summed E-state index contributed by atoms with van der Waals surface area (Å²) in [6, 6.07) is 12.0. The first kappa shape index (κ1) is 21.8. The molecule has 4 rings (SSSR count). The van der Waals surface area contributed by atoms with Crippen LogP contribution in [0, 0.1) is 11.7 Å². The molecule has 5 nitrogen and oxygen atoms in total. The van der Waals surface area contributed by atoms with Crippen LogP contribution in [0.3, 0.4) is 0 Å². The van der Waals surface area contributed by atoms with E-state index >= 15 is 0 Å². The number of hydrogen-bond donors (Lipinski definition) is 0. The molecule has 0 bridgehead atoms. The van der Waals surface area contributed by atoms with Crippen molar-refractivity contribution in [3.8, 4) is 0 Å². The number of halogens is 2. The zero-order valence-corrected chi connectivity index (χ0v) is 18.1. The van der Waals surface area contributed by atoms with E-state index in [4.69, 9.17) is 0 Å². The molecular weight excluding hydrogens is 451 g/mol. The number of ketones is 3. The molecule has 0 saturated heterocycles. The van der Waals surface area contributed by atoms with Gasteiger partial charge in [-0.2, -0.15) is 0 Å². The maximum absolute atomic E-state index is 13.2. The van der Waals surface area contributed by atoms with Gasteiger partial charge in [0.15, 0.2) is 6.54 Å². The molecule has 0 atom stereocenters. The van der Waals surface area contributed by atoms with Crippen LogP contribution in [-0.4, -0.2) is 21.9 Å². The first-order valence-electron chi connectivity index (χ1n) is 9.46. The molecule has 0 fully saturated rings. The number of benzene rings is 2. The van der Waals surface area contributed by atoms with E-state index < -0.39 is 5.82 Å². The lowest BCUT2D eigenvalue weighted by atomic mass is 9.89. The Balaban J connectivity index is 0.00000256. The molecule has 0 amide bonds. The predicted octanol–water partition coefficient (Wildman–Crippen LogP) is 0.233. The monoisotopic (exact) mass is 470 g/mol. The minimum atomic E-state index is -0.424. The number of hydrogen-bond acceptors (Lipinski definition) is 3. The summed E-state index contributed by atoms with van der Waals surface area (Å²) in [6.07, 6.45) is 1.66. The van der Waals surface area contributed by atoms with Crippen molar-refractivity contribution in [3.63, 3.8) is 0 Å². The van der Waals surface area contributed by atoms with Gasteiger partial charge in [0.05, 0.1) is 6.54 Å². The molecule has 0 unspecified atom stereocenters. The van der Waals surface area contributed by atoms with Gasteiger partial charge < -0.3 is 17.0 Å². The Kier molecular flexibility index (Phi) is 6.12. The van der Waals surface area contributed by atoms with E-state index in [2.05, 4.69) is 0 Å². The Morgan fingerprint density at radius 1 is 1.00 bits per heavy atom. The lowest BCUT2D eigenvalue weighted by Gasteiger charge is -2.13. The van der Waals surface area contributed by atoms with Crippen molar-refractivity contribution in [1.29, 1.82) is 0 Å². The van der Waals surface area contributed by atoms with Crippen LogP contribution >= 0.6 is 0 Å². The summed E-state index contributed by atoms with van der Waals surface area (Å²) in [7, 11) is 0. The van der Waals surface area contributed by atoms with Crippen LogP contribution < -0.4 is 21.5 Å². The third-order valence-electron chi connectivity index (χ3n) is 4.97. The van der Waals surface area contributed by atoms with Gasteiger partial charge in [-0.1, -0.05) is 38.1 Å². The SMILES string of the molecule is CC(C)Cn1c[n+](CC(=O)c2ccc(F)cc2)c2c1C(=O)c1ccccc1C2=O.[Br-]. The molecule has 30 heavy (non-hydrogen) atoms. The van der Waals surface area contributed by atoms with Crippen molar-refractivity contribution in [2.24, 2.45) is 5.92 Å². The molecule has 0 spiro atoms. The minimum Gasteiger partial charge on any atom is -1.00 e. The Morgan fingerprint density at radius 2 is 1.60 bits per heavy atom. The van der Waals surface area contributed by atoms with E-state index in [1.54, 1.807) is 39.7 Å². The highest BCUT2D eigenvalue weighted by molar-refractivity contribution is 6.26. The fourth-order valence-electron chi connectivity index (χ4n) is 3.70. The van der Waals surface area contributed by atoms with Crippen molar-refractivity contribution >= 4 is 17.3 Å². The summed E-state index contributed by atoms with van der Waals surface area (Å²) in [5.74, 6) is -0.938. The second kappa shape index (κ2) is 8.44. The highest BCUT2D eigenvalue weighted by atomic mass is 79.9. The molecular formula is C23H20BrFN2O3. The molecule has 0 N–H and O–H groups in total. The Hall–Kier alpha value is -2.93. The Bertz CT molecular complexity index is 1150. The van der Waals surface area contributed by atoms with Crippen molar-refractivity contribution < 1.29 is 40.3 Å². The molecule has 1 heterocycles. The van der Waals surface area contributed by atoms with Crippen molar-refractivity contribution in [2.75, 3.05) is 0 Å². The summed E-state index contributed by atoms with van der Waals surface area (Å²) < 4.78 is 16.5. The molecule has 3 aromatic rings. The fraction of sp³-hybridized carbons (Fsp3) is 0.217. The van der Waals surface area contributed by atoms with E-state index in [0.717, 1.165) is 0 Å². The topological polar surface area (TPSA) is 60.0 Å². The average molecular weight is 471 g/mol. The van der Waals surface area contributed by atoms with E-state index in [0.29, 0.717) is 28.9 Å². The largest absolute Gasteiger partial charge is 1.00 e. The van der Waals surface area contributed by atoms with Crippen LogP contribution in [0.1, 0.15) is 56.3 Å². The van der Waals surface area contributed by atoms with Crippen molar-refractivity contribution in [1.82, 2.24) is 4.57 Å². The van der Waals surface area contributed by atoms with Crippen LogP contribution in [-0.2, 0) is 13.1 Å². The van der Waals surface area contributed by atoms with Gasteiger partial charge in [0, 0.05) is 16.7 Å². The molecule has 1 aliphatic rings. The van der Waals surface area contributed by atoms with Crippen molar-refractivity contribution in [3.05, 3.63) is 88.8 Å². The van der Waals surface area contributed by atoms with Gasteiger partial charge in [-0.3, -0.25) is 14.4 Å². The number of aromatic nitrogens is 2. The third-order valence-corrected chi connectivity index (χ3v) is 4.97. The Morgan fingerprint density at radius 3 is 2.20 bits per heavy atom. The zero-order valence-electron chi connectivity index (χ0n) is 16.6. The molecule has 1 aromatic heterocycles. The standard InChI is InChI=1S/C23H20FN2O3.BrH/c1-14(2)11-25-13-26(12-19(27)15-7-9-16(24)10-8-15)21-20(25)22(28)17-5-3-4-6-18(17)23(21)29;/h3-10,13-14H,11-12H2,1-2H3;1H/q+1;/p-1. The molecule has 154 valence electrons. The maximum atomic E-state index is 13.2.